The van der Waals surface area contributed by atoms with Crippen LogP contribution in [-0.4, -0.2) is 36.8 Å². The molecule has 0 rings (SSSR count). The van der Waals surface area contributed by atoms with E-state index in [-0.39, 0.29) is 0 Å². The molecule has 0 aromatic rings. The zero-order chi connectivity index (χ0) is 19.3. The van der Waals surface area contributed by atoms with Crippen LogP contribution in [0.4, 0.5) is 39.5 Å². The van der Waals surface area contributed by atoms with E-state index in [0.717, 1.165) is 20.8 Å². The third kappa shape index (κ3) is 3.53. The summed E-state index contributed by atoms with van der Waals surface area (Å²) in [4.78, 5) is 0. The van der Waals surface area contributed by atoms with Crippen LogP contribution in [0.3, 0.4) is 0 Å². The normalized spacial score (nSPS) is 16.6. The van der Waals surface area contributed by atoms with E-state index in [1.807, 2.05) is 0 Å². The Balaban J connectivity index is 6.28. The molecule has 0 aromatic heterocycles. The maximum atomic E-state index is 13.3. The quantitative estimate of drug-likeness (QED) is 0.584. The minimum absolute atomic E-state index is 0.868. The Hall–Kier alpha value is -1.14. The fourth-order valence-electron chi connectivity index (χ4n) is 0.937. The van der Waals surface area contributed by atoms with Gasteiger partial charge in [0.1, 0.15) is 5.76 Å². The summed E-state index contributed by atoms with van der Waals surface area (Å²) in [6, 6.07) is 0. The second kappa shape index (κ2) is 5.45. The standard InChI is InChI=1S/C10H11F9O3S/c1-6(2,3)5(20)4-23(21,22)10(18,19)8(13,14)7(11,12)9(15,16)17/h4,20H,1-3H3/b5-4-. The minimum atomic E-state index is -7.33. The van der Waals surface area contributed by atoms with E-state index in [1.54, 1.807) is 0 Å². The van der Waals surface area contributed by atoms with E-state index in [0.29, 0.717) is 0 Å². The van der Waals surface area contributed by atoms with Crippen molar-refractivity contribution in [1.29, 1.82) is 0 Å². The molecule has 0 saturated heterocycles. The largest absolute Gasteiger partial charge is 0.511 e. The molecule has 0 aromatic carbocycles. The van der Waals surface area contributed by atoms with E-state index in [9.17, 15) is 53.0 Å². The lowest BCUT2D eigenvalue weighted by molar-refractivity contribution is -0.382. The van der Waals surface area contributed by atoms with Crippen molar-refractivity contribution >= 4 is 9.84 Å². The molecule has 0 aliphatic rings. The molecule has 138 valence electrons. The van der Waals surface area contributed by atoms with Crippen molar-refractivity contribution in [3.63, 3.8) is 0 Å². The molecule has 0 spiro atoms. The molecule has 0 atom stereocenters. The average Bonchev–Trinajstić information content (AvgIpc) is 2.24. The monoisotopic (exact) mass is 382 g/mol. The molecule has 13 heteroatoms. The summed E-state index contributed by atoms with van der Waals surface area (Å²) in [7, 11) is -6.72. The van der Waals surface area contributed by atoms with Gasteiger partial charge >= 0.3 is 23.3 Å². The number of halogens is 9. The Morgan fingerprint density at radius 1 is 0.826 bits per heavy atom. The van der Waals surface area contributed by atoms with Crippen molar-refractivity contribution in [2.24, 2.45) is 5.41 Å². The smallest absolute Gasteiger partial charge is 0.460 e. The zero-order valence-corrected chi connectivity index (χ0v) is 12.5. The van der Waals surface area contributed by atoms with Crippen molar-refractivity contribution in [1.82, 2.24) is 0 Å². The average molecular weight is 382 g/mol. The molecule has 0 aliphatic heterocycles. The van der Waals surface area contributed by atoms with Crippen molar-refractivity contribution in [2.45, 2.75) is 44.0 Å². The van der Waals surface area contributed by atoms with Crippen LogP contribution in [0.2, 0.25) is 0 Å². The van der Waals surface area contributed by atoms with Crippen LogP contribution >= 0.6 is 0 Å². The number of alkyl halides is 9. The summed E-state index contributed by atoms with van der Waals surface area (Å²) in [5, 5.41) is 1.50. The summed E-state index contributed by atoms with van der Waals surface area (Å²) in [5.41, 5.74) is -1.58. The van der Waals surface area contributed by atoms with Crippen LogP contribution in [0.5, 0.6) is 0 Å². The molecule has 0 saturated carbocycles. The lowest BCUT2D eigenvalue weighted by atomic mass is 9.95. The molecular weight excluding hydrogens is 371 g/mol. The molecule has 0 bridgehead atoms. The van der Waals surface area contributed by atoms with Gasteiger partial charge in [0.15, 0.2) is 0 Å². The SMILES string of the molecule is CC(C)(C)/C(O)=C/S(=O)(=O)C(F)(F)C(F)(F)C(F)(F)C(F)(F)F. The predicted octanol–water partition coefficient (Wildman–Crippen LogP) is 4.27. The molecule has 23 heavy (non-hydrogen) atoms. The highest BCUT2D eigenvalue weighted by Gasteiger charge is 2.85. The third-order valence-electron chi connectivity index (χ3n) is 2.51. The van der Waals surface area contributed by atoms with Gasteiger partial charge in [0.05, 0.1) is 5.41 Å². The number of aliphatic hydroxyl groups excluding tert-OH is 1. The molecule has 0 unspecified atom stereocenters. The second-order valence-electron chi connectivity index (χ2n) is 5.46. The Kier molecular flexibility index (Phi) is 5.18. The van der Waals surface area contributed by atoms with Gasteiger partial charge in [-0.1, -0.05) is 20.8 Å². The predicted molar refractivity (Wildman–Crippen MR) is 60.0 cm³/mol. The number of hydrogen-bond donors (Lipinski definition) is 1. The molecule has 3 nitrogen and oxygen atoms in total. The number of allylic oxidation sites excluding steroid dienone is 1. The Labute approximate surface area is 124 Å². The van der Waals surface area contributed by atoms with Gasteiger partial charge in [-0.05, 0) is 0 Å². The summed E-state index contributed by atoms with van der Waals surface area (Å²) < 4.78 is 136. The van der Waals surface area contributed by atoms with Crippen molar-refractivity contribution in [2.75, 3.05) is 0 Å². The first kappa shape index (κ1) is 21.9. The third-order valence-corrected chi connectivity index (χ3v) is 4.01. The lowest BCUT2D eigenvalue weighted by Crippen LogP contribution is -2.63. The number of rotatable bonds is 4. The fourth-order valence-corrected chi connectivity index (χ4v) is 2.22. The van der Waals surface area contributed by atoms with E-state index in [1.165, 1.54) is 0 Å². The summed E-state index contributed by atoms with van der Waals surface area (Å²) in [6.07, 6.45) is -7.13. The Bertz CT molecular complexity index is 582. The van der Waals surface area contributed by atoms with E-state index in [4.69, 9.17) is 0 Å². The molecule has 0 aliphatic carbocycles. The number of hydrogen-bond acceptors (Lipinski definition) is 3. The van der Waals surface area contributed by atoms with Gasteiger partial charge in [-0.15, -0.1) is 0 Å². The zero-order valence-electron chi connectivity index (χ0n) is 11.7. The maximum Gasteiger partial charge on any atom is 0.460 e. The summed E-state index contributed by atoms with van der Waals surface area (Å²) in [5.74, 6) is -16.1. The second-order valence-corrected chi connectivity index (χ2v) is 7.30. The van der Waals surface area contributed by atoms with Crippen molar-refractivity contribution < 1.29 is 53.0 Å². The molecule has 0 amide bonds. The van der Waals surface area contributed by atoms with Crippen LogP contribution in [0.1, 0.15) is 20.8 Å². The molecule has 0 radical (unpaired) electrons. The number of sulfone groups is 1. The van der Waals surface area contributed by atoms with E-state index < -0.39 is 49.7 Å². The highest BCUT2D eigenvalue weighted by atomic mass is 32.2. The lowest BCUT2D eigenvalue weighted by Gasteiger charge is -2.32. The minimum Gasteiger partial charge on any atom is -0.511 e. The van der Waals surface area contributed by atoms with Crippen LogP contribution in [-0.2, 0) is 9.84 Å². The van der Waals surface area contributed by atoms with E-state index in [2.05, 4.69) is 0 Å². The fraction of sp³-hybridized carbons (Fsp3) is 0.800. The first-order valence-electron chi connectivity index (χ1n) is 5.49. The van der Waals surface area contributed by atoms with Crippen LogP contribution in [0, 0.1) is 5.41 Å². The Morgan fingerprint density at radius 3 is 1.43 bits per heavy atom. The molecule has 0 fully saturated rings. The summed E-state index contributed by atoms with van der Waals surface area (Å²) >= 11 is 0. The molecular formula is C10H11F9O3S. The first-order valence-corrected chi connectivity index (χ1v) is 7.03. The Morgan fingerprint density at radius 2 is 1.17 bits per heavy atom. The van der Waals surface area contributed by atoms with Gasteiger partial charge in [-0.2, -0.15) is 39.5 Å². The highest BCUT2D eigenvalue weighted by molar-refractivity contribution is 7.95. The van der Waals surface area contributed by atoms with Crippen molar-refractivity contribution in [3.05, 3.63) is 11.2 Å². The van der Waals surface area contributed by atoms with Gasteiger partial charge < -0.3 is 5.11 Å². The van der Waals surface area contributed by atoms with Gasteiger partial charge in [-0.3, -0.25) is 0 Å². The highest BCUT2D eigenvalue weighted by Crippen LogP contribution is 2.55. The van der Waals surface area contributed by atoms with E-state index >= 15 is 0 Å². The van der Waals surface area contributed by atoms with Crippen LogP contribution < -0.4 is 0 Å². The van der Waals surface area contributed by atoms with Gasteiger partial charge in [0.2, 0.25) is 9.84 Å². The summed E-state index contributed by atoms with van der Waals surface area (Å²) in [6.45, 7) is 3.11. The topological polar surface area (TPSA) is 54.4 Å². The maximum absolute atomic E-state index is 13.3. The van der Waals surface area contributed by atoms with Crippen LogP contribution in [0.15, 0.2) is 11.2 Å². The van der Waals surface area contributed by atoms with Crippen molar-refractivity contribution in [3.8, 4) is 0 Å². The molecule has 0 heterocycles. The first-order chi connectivity index (χ1) is 9.63. The van der Waals surface area contributed by atoms with Gasteiger partial charge in [0.25, 0.3) is 0 Å². The van der Waals surface area contributed by atoms with Crippen LogP contribution in [0.25, 0.3) is 0 Å². The van der Waals surface area contributed by atoms with Gasteiger partial charge in [0, 0.05) is 5.41 Å². The molecule has 1 N–H and O–H groups in total. The number of aliphatic hydroxyl groups is 1. The van der Waals surface area contributed by atoms with Gasteiger partial charge in [-0.25, -0.2) is 8.42 Å².